The quantitative estimate of drug-likeness (QED) is 0.933. The van der Waals surface area contributed by atoms with Gasteiger partial charge in [-0.2, -0.15) is 0 Å². The number of hydrogen-bond acceptors (Lipinski definition) is 5. The summed E-state index contributed by atoms with van der Waals surface area (Å²) in [6.07, 6.45) is 10.4. The third kappa shape index (κ3) is 3.10. The molecule has 2 aromatic heterocycles. The smallest absolute Gasteiger partial charge is 0.255 e. The van der Waals surface area contributed by atoms with E-state index >= 15 is 0 Å². The van der Waals surface area contributed by atoms with Crippen LogP contribution >= 0.6 is 0 Å². The van der Waals surface area contributed by atoms with Crippen LogP contribution in [0.15, 0.2) is 41.7 Å². The number of nitrogens with one attached hydrogen (secondary N) is 1. The molecule has 2 aliphatic rings. The number of ether oxygens (including phenoxy) is 1. The Balaban J connectivity index is 1.54. The molecule has 4 rings (SSSR count). The van der Waals surface area contributed by atoms with Crippen molar-refractivity contribution in [3.8, 4) is 11.4 Å². The summed E-state index contributed by atoms with van der Waals surface area (Å²) < 4.78 is 5.65. The first-order chi connectivity index (χ1) is 11.8. The van der Waals surface area contributed by atoms with Gasteiger partial charge in [0.15, 0.2) is 0 Å². The molecule has 6 nitrogen and oxygen atoms in total. The van der Waals surface area contributed by atoms with E-state index in [0.29, 0.717) is 12.4 Å². The van der Waals surface area contributed by atoms with Crippen molar-refractivity contribution in [1.29, 1.82) is 0 Å². The molecule has 6 heteroatoms. The van der Waals surface area contributed by atoms with Gasteiger partial charge >= 0.3 is 0 Å². The molecule has 24 heavy (non-hydrogen) atoms. The van der Waals surface area contributed by atoms with Gasteiger partial charge in [-0.05, 0) is 31.1 Å². The summed E-state index contributed by atoms with van der Waals surface area (Å²) in [5, 5.41) is 0. The first-order valence-corrected chi connectivity index (χ1v) is 8.35. The Hall–Kier alpha value is -2.47. The summed E-state index contributed by atoms with van der Waals surface area (Å²) in [6.45, 7) is 2.39. The number of rotatable bonds is 3. The molecule has 0 saturated carbocycles. The highest BCUT2D eigenvalue weighted by molar-refractivity contribution is 5.53. The Morgan fingerprint density at radius 2 is 2.38 bits per heavy atom. The zero-order chi connectivity index (χ0) is 16.4. The third-order valence-corrected chi connectivity index (χ3v) is 4.57. The molecule has 1 atom stereocenters. The molecule has 0 spiro atoms. The zero-order valence-electron chi connectivity index (χ0n) is 13.4. The van der Waals surface area contributed by atoms with Crippen molar-refractivity contribution in [2.45, 2.75) is 31.9 Å². The van der Waals surface area contributed by atoms with E-state index in [0.717, 1.165) is 49.2 Å². The van der Waals surface area contributed by atoms with Crippen LogP contribution < -0.4 is 5.56 Å². The lowest BCUT2D eigenvalue weighted by atomic mass is 10.0. The molecule has 0 fully saturated rings. The summed E-state index contributed by atoms with van der Waals surface area (Å²) in [4.78, 5) is 26.4. The van der Waals surface area contributed by atoms with Crippen LogP contribution in [0.1, 0.15) is 24.1 Å². The van der Waals surface area contributed by atoms with Crippen molar-refractivity contribution in [3.63, 3.8) is 0 Å². The highest BCUT2D eigenvalue weighted by atomic mass is 16.5. The largest absolute Gasteiger partial charge is 0.497 e. The van der Waals surface area contributed by atoms with Gasteiger partial charge in [0.1, 0.15) is 11.9 Å². The van der Waals surface area contributed by atoms with E-state index < -0.39 is 0 Å². The minimum atomic E-state index is -0.0481. The fraction of sp³-hybridized carbons (Fsp3) is 0.389. The minimum absolute atomic E-state index is 0.0481. The predicted molar refractivity (Wildman–Crippen MR) is 90.3 cm³/mol. The van der Waals surface area contributed by atoms with Crippen LogP contribution in [0.4, 0.5) is 0 Å². The van der Waals surface area contributed by atoms with E-state index in [2.05, 4.69) is 25.9 Å². The maximum absolute atomic E-state index is 12.5. The number of H-pyrrole nitrogens is 1. The van der Waals surface area contributed by atoms with Gasteiger partial charge in [0.2, 0.25) is 0 Å². The Bertz CT molecular complexity index is 800. The molecule has 124 valence electrons. The van der Waals surface area contributed by atoms with Crippen LogP contribution in [0.3, 0.4) is 0 Å². The monoisotopic (exact) mass is 324 g/mol. The van der Waals surface area contributed by atoms with Gasteiger partial charge < -0.3 is 9.72 Å². The lowest BCUT2D eigenvalue weighted by molar-refractivity contribution is 0.0733. The van der Waals surface area contributed by atoms with Crippen molar-refractivity contribution in [3.05, 3.63) is 58.5 Å². The molecule has 0 aliphatic carbocycles. The molecule has 0 radical (unpaired) electrons. The first kappa shape index (κ1) is 15.1. The Morgan fingerprint density at radius 1 is 1.42 bits per heavy atom. The maximum atomic E-state index is 12.5. The minimum Gasteiger partial charge on any atom is -0.497 e. The molecular formula is C18H20N4O2. The van der Waals surface area contributed by atoms with Crippen molar-refractivity contribution in [1.82, 2.24) is 19.9 Å². The second kappa shape index (κ2) is 6.57. The van der Waals surface area contributed by atoms with Gasteiger partial charge in [-0.15, -0.1) is 0 Å². The van der Waals surface area contributed by atoms with Gasteiger partial charge in [0.05, 0.1) is 17.5 Å². The van der Waals surface area contributed by atoms with Crippen LogP contribution in [-0.2, 0) is 17.7 Å². The SMILES string of the molecule is O=c1[nH]c(-c2cccnc2)nc2c1CN(CC1CCC=CO1)CC2. The van der Waals surface area contributed by atoms with Gasteiger partial charge in [0.25, 0.3) is 5.56 Å². The molecular weight excluding hydrogens is 304 g/mol. The zero-order valence-corrected chi connectivity index (χ0v) is 13.4. The predicted octanol–water partition coefficient (Wildman–Crippen LogP) is 1.88. The molecule has 0 amide bonds. The lowest BCUT2D eigenvalue weighted by Gasteiger charge is -2.31. The van der Waals surface area contributed by atoms with Crippen molar-refractivity contribution in [2.75, 3.05) is 13.1 Å². The van der Waals surface area contributed by atoms with Crippen molar-refractivity contribution in [2.24, 2.45) is 0 Å². The topological polar surface area (TPSA) is 71.1 Å². The number of allylic oxidation sites excluding steroid dienone is 1. The Morgan fingerprint density at radius 3 is 3.17 bits per heavy atom. The van der Waals surface area contributed by atoms with Crippen LogP contribution in [0.25, 0.3) is 11.4 Å². The van der Waals surface area contributed by atoms with Gasteiger partial charge in [0, 0.05) is 44.0 Å². The Labute approximate surface area is 140 Å². The van der Waals surface area contributed by atoms with Gasteiger partial charge in [-0.1, -0.05) is 0 Å². The summed E-state index contributed by atoms with van der Waals surface area (Å²) in [7, 11) is 0. The lowest BCUT2D eigenvalue weighted by Crippen LogP contribution is -2.40. The van der Waals surface area contributed by atoms with E-state index in [-0.39, 0.29) is 11.7 Å². The average molecular weight is 324 g/mol. The first-order valence-electron chi connectivity index (χ1n) is 8.35. The van der Waals surface area contributed by atoms with Crippen LogP contribution in [0.5, 0.6) is 0 Å². The van der Waals surface area contributed by atoms with Crippen LogP contribution in [0, 0.1) is 0 Å². The molecule has 0 saturated heterocycles. The standard InChI is InChI=1S/C18H20N4O2/c23-18-15-12-22(11-14-5-1-2-9-24-14)8-6-16(15)20-17(21-18)13-4-3-7-19-10-13/h2-4,7,9-10,14H,1,5-6,8,11-12H2,(H,20,21,23). The number of nitrogens with zero attached hydrogens (tertiary/aromatic N) is 3. The number of fused-ring (bicyclic) bond motifs is 1. The molecule has 4 heterocycles. The van der Waals surface area contributed by atoms with Crippen LogP contribution in [-0.4, -0.2) is 39.0 Å². The maximum Gasteiger partial charge on any atom is 0.255 e. The Kier molecular flexibility index (Phi) is 4.13. The van der Waals surface area contributed by atoms with E-state index in [1.54, 1.807) is 18.7 Å². The number of aromatic nitrogens is 3. The van der Waals surface area contributed by atoms with Crippen molar-refractivity contribution >= 4 is 0 Å². The number of hydrogen-bond donors (Lipinski definition) is 1. The molecule has 0 aromatic carbocycles. The normalized spacial score (nSPS) is 20.4. The van der Waals surface area contributed by atoms with Gasteiger partial charge in [-0.3, -0.25) is 14.7 Å². The second-order valence-corrected chi connectivity index (χ2v) is 6.27. The van der Waals surface area contributed by atoms with E-state index in [9.17, 15) is 4.79 Å². The fourth-order valence-electron chi connectivity index (χ4n) is 3.28. The summed E-state index contributed by atoms with van der Waals surface area (Å²) >= 11 is 0. The highest BCUT2D eigenvalue weighted by Gasteiger charge is 2.24. The number of pyridine rings is 1. The summed E-state index contributed by atoms with van der Waals surface area (Å²) in [5.74, 6) is 0.598. The number of aromatic amines is 1. The molecule has 1 unspecified atom stereocenters. The third-order valence-electron chi connectivity index (χ3n) is 4.57. The molecule has 0 bridgehead atoms. The fourth-order valence-corrected chi connectivity index (χ4v) is 3.28. The molecule has 1 N–H and O–H groups in total. The average Bonchev–Trinajstić information content (AvgIpc) is 2.64. The molecule has 2 aromatic rings. The molecule has 2 aliphatic heterocycles. The van der Waals surface area contributed by atoms with E-state index in [4.69, 9.17) is 4.74 Å². The van der Waals surface area contributed by atoms with Crippen LogP contribution in [0.2, 0.25) is 0 Å². The van der Waals surface area contributed by atoms with E-state index in [1.807, 2.05) is 12.1 Å². The van der Waals surface area contributed by atoms with Crippen molar-refractivity contribution < 1.29 is 4.74 Å². The summed E-state index contributed by atoms with van der Waals surface area (Å²) in [6, 6.07) is 3.75. The second-order valence-electron chi connectivity index (χ2n) is 6.27. The highest BCUT2D eigenvalue weighted by Crippen LogP contribution is 2.20. The summed E-state index contributed by atoms with van der Waals surface area (Å²) in [5.41, 5.74) is 2.47. The van der Waals surface area contributed by atoms with E-state index in [1.165, 1.54) is 0 Å². The van der Waals surface area contributed by atoms with Gasteiger partial charge in [-0.25, -0.2) is 4.98 Å².